The van der Waals surface area contributed by atoms with Gasteiger partial charge in [-0.05, 0) is 42.9 Å². The van der Waals surface area contributed by atoms with Crippen molar-refractivity contribution in [3.05, 3.63) is 11.6 Å². The van der Waals surface area contributed by atoms with Crippen LogP contribution >= 0.6 is 0 Å². The fourth-order valence-corrected chi connectivity index (χ4v) is 3.21. The lowest BCUT2D eigenvalue weighted by Gasteiger charge is -2.48. The lowest BCUT2D eigenvalue weighted by Crippen LogP contribution is -2.40. The van der Waals surface area contributed by atoms with E-state index in [-0.39, 0.29) is 6.10 Å². The molecule has 2 aliphatic rings. The van der Waals surface area contributed by atoms with Gasteiger partial charge in [0.1, 0.15) is 0 Å². The molecule has 0 aromatic heterocycles. The Bertz CT molecular complexity index is 256. The number of aliphatic hydroxyl groups excluding tert-OH is 1. The van der Waals surface area contributed by atoms with Crippen molar-refractivity contribution >= 4 is 0 Å². The van der Waals surface area contributed by atoms with Crippen LogP contribution in [0.25, 0.3) is 0 Å². The predicted molar refractivity (Wildman–Crippen MR) is 59.0 cm³/mol. The second-order valence-electron chi connectivity index (χ2n) is 5.55. The number of aliphatic hydroxyl groups is 1. The normalized spacial score (nSPS) is 48.3. The van der Waals surface area contributed by atoms with E-state index in [1.807, 2.05) is 0 Å². The zero-order valence-corrected chi connectivity index (χ0v) is 9.59. The van der Waals surface area contributed by atoms with Crippen LogP contribution in [-0.4, -0.2) is 11.2 Å². The molecular weight excluding hydrogens is 172 g/mol. The molecule has 0 saturated heterocycles. The van der Waals surface area contributed by atoms with Crippen molar-refractivity contribution < 1.29 is 5.11 Å². The summed E-state index contributed by atoms with van der Waals surface area (Å²) in [7, 11) is 0. The molecule has 80 valence electrons. The first-order valence-corrected chi connectivity index (χ1v) is 5.91. The van der Waals surface area contributed by atoms with Crippen molar-refractivity contribution in [3.8, 4) is 0 Å². The second-order valence-corrected chi connectivity index (χ2v) is 5.55. The number of hydrogen-bond donors (Lipinski definition) is 1. The van der Waals surface area contributed by atoms with Gasteiger partial charge in [0.25, 0.3) is 0 Å². The molecule has 1 nitrogen and oxygen atoms in total. The van der Waals surface area contributed by atoms with E-state index in [0.29, 0.717) is 5.41 Å². The van der Waals surface area contributed by atoms with E-state index < -0.39 is 0 Å². The summed E-state index contributed by atoms with van der Waals surface area (Å²) in [5.41, 5.74) is 1.92. The van der Waals surface area contributed by atoms with Gasteiger partial charge in [-0.15, -0.1) is 0 Å². The molecule has 0 bridgehead atoms. The maximum atomic E-state index is 9.67. The molecule has 0 amide bonds. The lowest BCUT2D eigenvalue weighted by molar-refractivity contribution is 0.0631. The van der Waals surface area contributed by atoms with E-state index in [2.05, 4.69) is 26.8 Å². The average molecular weight is 194 g/mol. The summed E-state index contributed by atoms with van der Waals surface area (Å²) < 4.78 is 0. The molecule has 0 aromatic rings. The Morgan fingerprint density at radius 3 is 2.86 bits per heavy atom. The highest BCUT2D eigenvalue weighted by Crippen LogP contribution is 2.52. The van der Waals surface area contributed by atoms with Crippen LogP contribution in [0.5, 0.6) is 0 Å². The van der Waals surface area contributed by atoms with Crippen LogP contribution in [0.4, 0.5) is 0 Å². The summed E-state index contributed by atoms with van der Waals surface area (Å²) in [6, 6.07) is 0. The minimum Gasteiger partial charge on any atom is -0.393 e. The third-order valence-corrected chi connectivity index (χ3v) is 4.78. The quantitative estimate of drug-likeness (QED) is 0.587. The molecule has 0 aromatic carbocycles. The molecule has 1 fully saturated rings. The largest absolute Gasteiger partial charge is 0.393 e. The van der Waals surface area contributed by atoms with Crippen molar-refractivity contribution in [2.45, 2.75) is 52.6 Å². The van der Waals surface area contributed by atoms with Gasteiger partial charge < -0.3 is 5.11 Å². The molecule has 0 unspecified atom stereocenters. The SMILES string of the molecule is C[C@@H]1[C@@H](C)CC=C2C[C@@H](O)CC[C@@]21C. The van der Waals surface area contributed by atoms with E-state index >= 15 is 0 Å². The zero-order valence-electron chi connectivity index (χ0n) is 9.59. The molecule has 0 heterocycles. The second kappa shape index (κ2) is 3.37. The molecule has 1 N–H and O–H groups in total. The van der Waals surface area contributed by atoms with E-state index in [9.17, 15) is 5.11 Å². The predicted octanol–water partition coefficient (Wildman–Crippen LogP) is 3.14. The van der Waals surface area contributed by atoms with Gasteiger partial charge in [-0.25, -0.2) is 0 Å². The van der Waals surface area contributed by atoms with Gasteiger partial charge in [0.2, 0.25) is 0 Å². The van der Waals surface area contributed by atoms with E-state index in [4.69, 9.17) is 0 Å². The van der Waals surface area contributed by atoms with Crippen LogP contribution in [0.1, 0.15) is 46.5 Å². The van der Waals surface area contributed by atoms with Crippen LogP contribution in [-0.2, 0) is 0 Å². The van der Waals surface area contributed by atoms with Gasteiger partial charge in [-0.1, -0.05) is 32.4 Å². The summed E-state index contributed by atoms with van der Waals surface area (Å²) in [5, 5.41) is 9.67. The molecule has 0 aliphatic heterocycles. The zero-order chi connectivity index (χ0) is 10.3. The van der Waals surface area contributed by atoms with Crippen molar-refractivity contribution in [3.63, 3.8) is 0 Å². The molecular formula is C13H22O. The van der Waals surface area contributed by atoms with Crippen molar-refractivity contribution in [1.29, 1.82) is 0 Å². The topological polar surface area (TPSA) is 20.2 Å². The molecule has 4 atom stereocenters. The number of rotatable bonds is 0. The maximum Gasteiger partial charge on any atom is 0.0577 e. The Balaban J connectivity index is 2.28. The molecule has 0 spiro atoms. The summed E-state index contributed by atoms with van der Waals surface area (Å²) >= 11 is 0. The van der Waals surface area contributed by atoms with Crippen molar-refractivity contribution in [2.75, 3.05) is 0 Å². The number of fused-ring (bicyclic) bond motifs is 1. The highest BCUT2D eigenvalue weighted by Gasteiger charge is 2.42. The van der Waals surface area contributed by atoms with Gasteiger partial charge in [0, 0.05) is 0 Å². The summed E-state index contributed by atoms with van der Waals surface area (Å²) in [6.07, 6.45) is 6.62. The lowest BCUT2D eigenvalue weighted by atomic mass is 9.58. The first-order valence-electron chi connectivity index (χ1n) is 5.91. The van der Waals surface area contributed by atoms with E-state index in [0.717, 1.165) is 24.7 Å². The third-order valence-electron chi connectivity index (χ3n) is 4.78. The molecule has 0 radical (unpaired) electrons. The molecule has 2 rings (SSSR count). The van der Waals surface area contributed by atoms with Crippen LogP contribution in [0.2, 0.25) is 0 Å². The third kappa shape index (κ3) is 1.42. The first-order chi connectivity index (χ1) is 6.54. The van der Waals surface area contributed by atoms with Crippen molar-refractivity contribution in [2.24, 2.45) is 17.3 Å². The number of hydrogen-bond acceptors (Lipinski definition) is 1. The highest BCUT2D eigenvalue weighted by atomic mass is 16.3. The smallest absolute Gasteiger partial charge is 0.0577 e. The van der Waals surface area contributed by atoms with Gasteiger partial charge >= 0.3 is 0 Å². The molecule has 14 heavy (non-hydrogen) atoms. The van der Waals surface area contributed by atoms with Crippen molar-refractivity contribution in [1.82, 2.24) is 0 Å². The molecule has 2 aliphatic carbocycles. The van der Waals surface area contributed by atoms with Crippen LogP contribution in [0.3, 0.4) is 0 Å². The van der Waals surface area contributed by atoms with Gasteiger partial charge in [-0.2, -0.15) is 0 Å². The Morgan fingerprint density at radius 2 is 2.14 bits per heavy atom. The van der Waals surface area contributed by atoms with E-state index in [1.54, 1.807) is 0 Å². The summed E-state index contributed by atoms with van der Waals surface area (Å²) in [4.78, 5) is 0. The monoisotopic (exact) mass is 194 g/mol. The van der Waals surface area contributed by atoms with Gasteiger partial charge in [0.15, 0.2) is 0 Å². The highest BCUT2D eigenvalue weighted by molar-refractivity contribution is 5.22. The number of allylic oxidation sites excluding steroid dienone is 1. The van der Waals surface area contributed by atoms with E-state index in [1.165, 1.54) is 18.4 Å². The Morgan fingerprint density at radius 1 is 1.43 bits per heavy atom. The Hall–Kier alpha value is -0.300. The molecule has 1 saturated carbocycles. The molecule has 1 heteroatoms. The minimum atomic E-state index is -0.0741. The Kier molecular flexibility index (Phi) is 2.46. The Labute approximate surface area is 87.2 Å². The summed E-state index contributed by atoms with van der Waals surface area (Å²) in [6.45, 7) is 7.13. The first kappa shape index (κ1) is 10.2. The fourth-order valence-electron chi connectivity index (χ4n) is 3.21. The van der Waals surface area contributed by atoms with Crippen LogP contribution in [0.15, 0.2) is 11.6 Å². The van der Waals surface area contributed by atoms with Gasteiger partial charge in [0.05, 0.1) is 6.10 Å². The minimum absolute atomic E-state index is 0.0741. The maximum absolute atomic E-state index is 9.67. The van der Waals surface area contributed by atoms with Crippen LogP contribution < -0.4 is 0 Å². The fraction of sp³-hybridized carbons (Fsp3) is 0.846. The standard InChI is InChI=1S/C13H22O/c1-9-4-5-11-8-12(14)6-7-13(11,3)10(9)2/h5,9-10,12,14H,4,6-8H2,1-3H3/t9-,10+,12-,13+/m0/s1. The van der Waals surface area contributed by atoms with Crippen LogP contribution in [0, 0.1) is 17.3 Å². The summed E-state index contributed by atoms with van der Waals surface area (Å²) in [5.74, 6) is 1.58. The van der Waals surface area contributed by atoms with Gasteiger partial charge in [-0.3, -0.25) is 0 Å². The average Bonchev–Trinajstić information content (AvgIpc) is 2.16.